The van der Waals surface area contributed by atoms with Crippen molar-refractivity contribution in [3.63, 3.8) is 0 Å². The van der Waals surface area contributed by atoms with Gasteiger partial charge >= 0.3 is 0 Å². The number of rotatable bonds is 6. The van der Waals surface area contributed by atoms with E-state index in [1.165, 1.54) is 6.07 Å². The average molecular weight is 497 g/mol. The van der Waals surface area contributed by atoms with Crippen LogP contribution < -0.4 is 9.83 Å². The zero-order chi connectivity index (χ0) is 17.9. The van der Waals surface area contributed by atoms with Gasteiger partial charge in [0.15, 0.2) is 0 Å². The first kappa shape index (κ1) is 19.4. The van der Waals surface area contributed by atoms with E-state index in [1.807, 2.05) is 0 Å². The van der Waals surface area contributed by atoms with Gasteiger partial charge in [-0.05, 0) is 45.8 Å². The van der Waals surface area contributed by atoms with Crippen LogP contribution in [-0.4, -0.2) is 14.4 Å². The van der Waals surface area contributed by atoms with E-state index >= 15 is 0 Å². The van der Waals surface area contributed by atoms with Crippen LogP contribution in [0.4, 0.5) is 0 Å². The molecule has 2 rings (SSSR count). The van der Waals surface area contributed by atoms with E-state index in [1.54, 1.807) is 36.4 Å². The van der Waals surface area contributed by atoms with Crippen molar-refractivity contribution in [2.75, 3.05) is 0 Å². The molecule has 0 aliphatic rings. The number of carboxylic acids is 1. The second-order valence-electron chi connectivity index (χ2n) is 4.85. The largest absolute Gasteiger partial charge is 0.550 e. The monoisotopic (exact) mass is 494 g/mol. The number of carboxylic acid groups (broad SMARTS) is 1. The molecule has 0 amide bonds. The fraction of sp³-hybridized carbons (Fsp3) is 0.133. The van der Waals surface area contributed by atoms with Gasteiger partial charge in [-0.1, -0.05) is 45.7 Å². The molecule has 2 aromatic carbocycles. The van der Waals surface area contributed by atoms with Crippen LogP contribution in [0, 0.1) is 0 Å². The molecular formula is C15H11Br2ClNO4S-. The van der Waals surface area contributed by atoms with E-state index in [4.69, 9.17) is 11.6 Å². The van der Waals surface area contributed by atoms with Crippen molar-refractivity contribution in [2.45, 2.75) is 17.4 Å². The SMILES string of the molecule is O=C([O-])C[C@@H](NS(=O)(=O)c1cc(Br)ccc1Br)c1ccccc1Cl. The Kier molecular flexibility index (Phi) is 6.44. The summed E-state index contributed by atoms with van der Waals surface area (Å²) in [5.41, 5.74) is 0.359. The summed E-state index contributed by atoms with van der Waals surface area (Å²) in [5.74, 6) is -1.39. The molecule has 2 aromatic rings. The molecule has 0 radical (unpaired) electrons. The Balaban J connectivity index is 2.44. The minimum Gasteiger partial charge on any atom is -0.550 e. The first-order valence-electron chi connectivity index (χ1n) is 6.62. The molecule has 0 saturated heterocycles. The van der Waals surface area contributed by atoms with Crippen LogP contribution in [0.1, 0.15) is 18.0 Å². The van der Waals surface area contributed by atoms with Gasteiger partial charge in [0, 0.05) is 26.4 Å². The van der Waals surface area contributed by atoms with Crippen LogP contribution in [0.3, 0.4) is 0 Å². The lowest BCUT2D eigenvalue weighted by Crippen LogP contribution is -2.34. The summed E-state index contributed by atoms with van der Waals surface area (Å²) in [6.45, 7) is 0. The third kappa shape index (κ3) is 4.80. The molecule has 0 heterocycles. The van der Waals surface area contributed by atoms with E-state index in [9.17, 15) is 18.3 Å². The van der Waals surface area contributed by atoms with E-state index in [2.05, 4.69) is 36.6 Å². The molecule has 0 unspecified atom stereocenters. The molecule has 0 bridgehead atoms. The Morgan fingerprint density at radius 3 is 2.50 bits per heavy atom. The standard InChI is InChI=1S/C15H12Br2ClNO4S/c16-9-5-6-11(17)14(7-9)24(22,23)19-13(8-15(20)21)10-3-1-2-4-12(10)18/h1-7,13,19H,8H2,(H,20,21)/p-1/t13-/m1/s1. The summed E-state index contributed by atoms with van der Waals surface area (Å²) in [4.78, 5) is 11.0. The Bertz CT molecular complexity index is 874. The third-order valence-electron chi connectivity index (χ3n) is 3.13. The fourth-order valence-electron chi connectivity index (χ4n) is 2.07. The van der Waals surface area contributed by atoms with E-state index in [0.717, 1.165) is 0 Å². The maximum Gasteiger partial charge on any atom is 0.242 e. The number of aliphatic carboxylic acids is 1. The second-order valence-corrected chi connectivity index (χ2v) is 8.71. The number of carbonyl (C=O) groups is 1. The number of hydrogen-bond donors (Lipinski definition) is 1. The van der Waals surface area contributed by atoms with Crippen LogP contribution in [0.25, 0.3) is 0 Å². The molecule has 0 fully saturated rings. The fourth-order valence-corrected chi connectivity index (χ4v) is 5.06. The summed E-state index contributed by atoms with van der Waals surface area (Å²) < 4.78 is 28.6. The average Bonchev–Trinajstić information content (AvgIpc) is 2.48. The van der Waals surface area contributed by atoms with Gasteiger partial charge in [-0.25, -0.2) is 13.1 Å². The van der Waals surface area contributed by atoms with E-state index in [-0.39, 0.29) is 9.92 Å². The number of hydrogen-bond acceptors (Lipinski definition) is 4. The number of nitrogens with one attached hydrogen (secondary N) is 1. The molecule has 1 N–H and O–H groups in total. The van der Waals surface area contributed by atoms with Crippen molar-refractivity contribution in [3.8, 4) is 0 Å². The molecule has 128 valence electrons. The van der Waals surface area contributed by atoms with Crippen LogP contribution in [0.5, 0.6) is 0 Å². The van der Waals surface area contributed by atoms with Crippen molar-refractivity contribution >= 4 is 59.5 Å². The Hall–Kier alpha value is -0.930. The Morgan fingerprint density at radius 2 is 1.88 bits per heavy atom. The highest BCUT2D eigenvalue weighted by Gasteiger charge is 2.25. The van der Waals surface area contributed by atoms with Crippen LogP contribution in [0.2, 0.25) is 5.02 Å². The highest BCUT2D eigenvalue weighted by Crippen LogP contribution is 2.30. The summed E-state index contributed by atoms with van der Waals surface area (Å²) in [5, 5.41) is 11.3. The molecule has 0 aromatic heterocycles. The van der Waals surface area contributed by atoms with Gasteiger partial charge in [0.2, 0.25) is 10.0 Å². The van der Waals surface area contributed by atoms with Crippen LogP contribution in [0.15, 0.2) is 56.3 Å². The van der Waals surface area contributed by atoms with Gasteiger partial charge in [-0.2, -0.15) is 0 Å². The van der Waals surface area contributed by atoms with Crippen molar-refractivity contribution in [2.24, 2.45) is 0 Å². The van der Waals surface area contributed by atoms with Crippen molar-refractivity contribution in [1.29, 1.82) is 0 Å². The number of benzene rings is 2. The maximum atomic E-state index is 12.7. The lowest BCUT2D eigenvalue weighted by molar-refractivity contribution is -0.306. The van der Waals surface area contributed by atoms with Gasteiger partial charge < -0.3 is 9.90 Å². The topological polar surface area (TPSA) is 86.3 Å². The van der Waals surface area contributed by atoms with E-state index < -0.39 is 28.5 Å². The smallest absolute Gasteiger partial charge is 0.242 e. The summed E-state index contributed by atoms with van der Waals surface area (Å²) in [6.07, 6.45) is -0.547. The molecule has 0 spiro atoms. The summed E-state index contributed by atoms with van der Waals surface area (Å²) in [6, 6.07) is 10.0. The minimum absolute atomic E-state index is 0.0210. The number of sulfonamides is 1. The quantitative estimate of drug-likeness (QED) is 0.666. The van der Waals surface area contributed by atoms with Crippen LogP contribution >= 0.6 is 43.5 Å². The molecular weight excluding hydrogens is 485 g/mol. The highest BCUT2D eigenvalue weighted by atomic mass is 79.9. The van der Waals surface area contributed by atoms with Crippen molar-refractivity contribution < 1.29 is 18.3 Å². The Labute approximate surface area is 161 Å². The third-order valence-corrected chi connectivity index (χ3v) is 6.43. The molecule has 0 saturated carbocycles. The van der Waals surface area contributed by atoms with Gasteiger partial charge in [0.1, 0.15) is 0 Å². The number of carbonyl (C=O) groups excluding carboxylic acids is 1. The van der Waals surface area contributed by atoms with Gasteiger partial charge in [0.05, 0.1) is 10.9 Å². The normalized spacial score (nSPS) is 12.8. The van der Waals surface area contributed by atoms with Crippen LogP contribution in [-0.2, 0) is 14.8 Å². The molecule has 0 aliphatic carbocycles. The van der Waals surface area contributed by atoms with Gasteiger partial charge in [-0.15, -0.1) is 0 Å². The van der Waals surface area contributed by atoms with E-state index in [0.29, 0.717) is 14.5 Å². The zero-order valence-corrected chi connectivity index (χ0v) is 16.7. The van der Waals surface area contributed by atoms with Gasteiger partial charge in [0.25, 0.3) is 0 Å². The molecule has 5 nitrogen and oxygen atoms in total. The predicted octanol–water partition coefficient (Wildman–Crippen LogP) is 3.02. The lowest BCUT2D eigenvalue weighted by atomic mass is 10.1. The minimum atomic E-state index is -4.00. The summed E-state index contributed by atoms with van der Waals surface area (Å²) in [7, 11) is -4.00. The van der Waals surface area contributed by atoms with Crippen molar-refractivity contribution in [3.05, 3.63) is 62.0 Å². The molecule has 1 atom stereocenters. The molecule has 24 heavy (non-hydrogen) atoms. The first-order chi connectivity index (χ1) is 11.2. The maximum absolute atomic E-state index is 12.7. The number of halogens is 3. The highest BCUT2D eigenvalue weighted by molar-refractivity contribution is 9.11. The first-order valence-corrected chi connectivity index (χ1v) is 10.1. The Morgan fingerprint density at radius 1 is 1.21 bits per heavy atom. The lowest BCUT2D eigenvalue weighted by Gasteiger charge is -2.21. The van der Waals surface area contributed by atoms with Gasteiger partial charge in [-0.3, -0.25) is 0 Å². The molecule has 0 aliphatic heterocycles. The summed E-state index contributed by atoms with van der Waals surface area (Å²) >= 11 is 12.5. The zero-order valence-electron chi connectivity index (χ0n) is 12.0. The predicted molar refractivity (Wildman–Crippen MR) is 96.0 cm³/mol. The molecule has 9 heteroatoms. The second kappa shape index (κ2) is 7.97. The van der Waals surface area contributed by atoms with Crippen molar-refractivity contribution in [1.82, 2.24) is 4.72 Å².